The lowest BCUT2D eigenvalue weighted by molar-refractivity contribution is -0.129. The number of carbonyl (C=O) groups is 1. The minimum Gasteiger partial charge on any atom is -0.355 e. The Bertz CT molecular complexity index is 197. The first-order chi connectivity index (χ1) is 6.54. The molecule has 0 atom stereocenters. The van der Waals surface area contributed by atoms with E-state index < -0.39 is 5.54 Å². The SMILES string of the molecule is CC(C)CCCNC(=O)C1(N)CCC1. The Hall–Kier alpha value is -0.570. The quantitative estimate of drug-likeness (QED) is 0.656. The van der Waals surface area contributed by atoms with Gasteiger partial charge in [-0.3, -0.25) is 4.79 Å². The molecule has 1 fully saturated rings. The van der Waals surface area contributed by atoms with Crippen LogP contribution in [-0.4, -0.2) is 18.0 Å². The summed E-state index contributed by atoms with van der Waals surface area (Å²) in [5, 5.41) is 2.92. The maximum atomic E-state index is 11.6. The highest BCUT2D eigenvalue weighted by Crippen LogP contribution is 2.28. The number of amides is 1. The van der Waals surface area contributed by atoms with Gasteiger partial charge in [-0.2, -0.15) is 0 Å². The zero-order chi connectivity index (χ0) is 10.6. The van der Waals surface area contributed by atoms with E-state index >= 15 is 0 Å². The summed E-state index contributed by atoms with van der Waals surface area (Å²) < 4.78 is 0. The van der Waals surface area contributed by atoms with Crippen molar-refractivity contribution in [2.75, 3.05) is 6.54 Å². The van der Waals surface area contributed by atoms with Crippen molar-refractivity contribution >= 4 is 5.91 Å². The molecule has 3 heteroatoms. The van der Waals surface area contributed by atoms with Gasteiger partial charge in [0.15, 0.2) is 0 Å². The van der Waals surface area contributed by atoms with Gasteiger partial charge in [-0.1, -0.05) is 13.8 Å². The van der Waals surface area contributed by atoms with E-state index in [0.717, 1.165) is 38.6 Å². The molecule has 1 aliphatic carbocycles. The van der Waals surface area contributed by atoms with Crippen LogP contribution in [0.25, 0.3) is 0 Å². The second-order valence-electron chi connectivity index (χ2n) is 4.80. The fourth-order valence-electron chi connectivity index (χ4n) is 1.67. The third kappa shape index (κ3) is 2.98. The van der Waals surface area contributed by atoms with Gasteiger partial charge in [0.25, 0.3) is 0 Å². The van der Waals surface area contributed by atoms with E-state index in [9.17, 15) is 4.79 Å². The third-order valence-corrected chi connectivity index (χ3v) is 2.94. The largest absolute Gasteiger partial charge is 0.355 e. The van der Waals surface area contributed by atoms with Crippen molar-refractivity contribution in [1.82, 2.24) is 5.32 Å². The van der Waals surface area contributed by atoms with E-state index in [1.807, 2.05) is 0 Å². The molecule has 14 heavy (non-hydrogen) atoms. The molecule has 0 aromatic heterocycles. The van der Waals surface area contributed by atoms with Gasteiger partial charge in [-0.15, -0.1) is 0 Å². The molecule has 0 aromatic carbocycles. The Morgan fingerprint density at radius 2 is 2.14 bits per heavy atom. The van der Waals surface area contributed by atoms with Gasteiger partial charge in [0, 0.05) is 6.54 Å². The fourth-order valence-corrected chi connectivity index (χ4v) is 1.67. The van der Waals surface area contributed by atoms with Crippen LogP contribution in [0.4, 0.5) is 0 Å². The van der Waals surface area contributed by atoms with Crippen LogP contribution in [0, 0.1) is 5.92 Å². The van der Waals surface area contributed by atoms with E-state index in [2.05, 4.69) is 19.2 Å². The summed E-state index contributed by atoms with van der Waals surface area (Å²) >= 11 is 0. The smallest absolute Gasteiger partial charge is 0.240 e. The van der Waals surface area contributed by atoms with Gasteiger partial charge < -0.3 is 11.1 Å². The van der Waals surface area contributed by atoms with E-state index in [-0.39, 0.29) is 5.91 Å². The second kappa shape index (κ2) is 4.78. The van der Waals surface area contributed by atoms with Crippen LogP contribution in [0.2, 0.25) is 0 Å². The Morgan fingerprint density at radius 1 is 1.50 bits per heavy atom. The number of nitrogens with one attached hydrogen (secondary N) is 1. The van der Waals surface area contributed by atoms with Crippen LogP contribution >= 0.6 is 0 Å². The van der Waals surface area contributed by atoms with Crippen molar-refractivity contribution < 1.29 is 4.79 Å². The lowest BCUT2D eigenvalue weighted by Crippen LogP contribution is -2.58. The standard InChI is InChI=1S/C11H22N2O/c1-9(2)5-3-8-13-10(14)11(12)6-4-7-11/h9H,3-8,12H2,1-2H3,(H,13,14). The molecule has 0 aliphatic heterocycles. The molecule has 1 amide bonds. The zero-order valence-corrected chi connectivity index (χ0v) is 9.31. The molecule has 3 N–H and O–H groups in total. The summed E-state index contributed by atoms with van der Waals surface area (Å²) in [6.07, 6.45) is 5.01. The fraction of sp³-hybridized carbons (Fsp3) is 0.909. The molecular formula is C11H22N2O. The van der Waals surface area contributed by atoms with Crippen molar-refractivity contribution in [3.05, 3.63) is 0 Å². The first-order valence-corrected chi connectivity index (χ1v) is 5.62. The lowest BCUT2D eigenvalue weighted by atomic mass is 9.77. The normalized spacial score (nSPS) is 19.1. The molecule has 1 saturated carbocycles. The summed E-state index contributed by atoms with van der Waals surface area (Å²) in [6.45, 7) is 5.16. The first kappa shape index (κ1) is 11.5. The second-order valence-corrected chi connectivity index (χ2v) is 4.80. The molecule has 1 rings (SSSR count). The highest BCUT2D eigenvalue weighted by Gasteiger charge is 2.39. The third-order valence-electron chi connectivity index (χ3n) is 2.94. The summed E-state index contributed by atoms with van der Waals surface area (Å²) in [7, 11) is 0. The average molecular weight is 198 g/mol. The van der Waals surface area contributed by atoms with Gasteiger partial charge in [-0.25, -0.2) is 0 Å². The number of hydrogen-bond donors (Lipinski definition) is 2. The van der Waals surface area contributed by atoms with Gasteiger partial charge >= 0.3 is 0 Å². The molecule has 0 spiro atoms. The Kier molecular flexibility index (Phi) is 3.93. The van der Waals surface area contributed by atoms with Crippen molar-refractivity contribution in [2.45, 2.75) is 51.5 Å². The molecule has 0 heterocycles. The average Bonchev–Trinajstić information content (AvgIpc) is 2.07. The molecule has 82 valence electrons. The predicted octanol–water partition coefficient (Wildman–Crippen LogP) is 1.42. The molecule has 0 bridgehead atoms. The summed E-state index contributed by atoms with van der Waals surface area (Å²) in [5.41, 5.74) is 5.35. The Balaban J connectivity index is 2.09. The monoisotopic (exact) mass is 198 g/mol. The summed E-state index contributed by atoms with van der Waals surface area (Å²) in [4.78, 5) is 11.6. The van der Waals surface area contributed by atoms with Crippen LogP contribution in [0.3, 0.4) is 0 Å². The maximum absolute atomic E-state index is 11.6. The van der Waals surface area contributed by atoms with Crippen molar-refractivity contribution in [3.8, 4) is 0 Å². The number of nitrogens with two attached hydrogens (primary N) is 1. The lowest BCUT2D eigenvalue weighted by Gasteiger charge is -2.36. The minimum atomic E-state index is -0.530. The molecule has 1 aliphatic rings. The van der Waals surface area contributed by atoms with Crippen LogP contribution in [0.1, 0.15) is 46.0 Å². The number of carbonyl (C=O) groups excluding carboxylic acids is 1. The summed E-state index contributed by atoms with van der Waals surface area (Å²) in [6, 6.07) is 0. The highest BCUT2D eigenvalue weighted by molar-refractivity contribution is 5.86. The molecule has 3 nitrogen and oxygen atoms in total. The highest BCUT2D eigenvalue weighted by atomic mass is 16.2. The van der Waals surface area contributed by atoms with E-state index in [4.69, 9.17) is 5.73 Å². The zero-order valence-electron chi connectivity index (χ0n) is 9.31. The number of hydrogen-bond acceptors (Lipinski definition) is 2. The summed E-state index contributed by atoms with van der Waals surface area (Å²) in [5.74, 6) is 0.759. The molecule has 0 aromatic rings. The van der Waals surface area contributed by atoms with E-state index in [1.54, 1.807) is 0 Å². The Morgan fingerprint density at radius 3 is 2.57 bits per heavy atom. The van der Waals surface area contributed by atoms with Gasteiger partial charge in [-0.05, 0) is 38.0 Å². The van der Waals surface area contributed by atoms with Crippen LogP contribution in [0.15, 0.2) is 0 Å². The van der Waals surface area contributed by atoms with E-state index in [0.29, 0.717) is 5.92 Å². The van der Waals surface area contributed by atoms with Gasteiger partial charge in [0.1, 0.15) is 0 Å². The van der Waals surface area contributed by atoms with Crippen LogP contribution in [0.5, 0.6) is 0 Å². The molecule has 0 radical (unpaired) electrons. The van der Waals surface area contributed by atoms with Crippen molar-refractivity contribution in [3.63, 3.8) is 0 Å². The van der Waals surface area contributed by atoms with Gasteiger partial charge in [0.2, 0.25) is 5.91 Å². The maximum Gasteiger partial charge on any atom is 0.240 e. The minimum absolute atomic E-state index is 0.0486. The molecular weight excluding hydrogens is 176 g/mol. The molecule has 0 saturated heterocycles. The Labute approximate surface area is 86.4 Å². The topological polar surface area (TPSA) is 55.1 Å². The number of rotatable bonds is 5. The van der Waals surface area contributed by atoms with Crippen molar-refractivity contribution in [1.29, 1.82) is 0 Å². The van der Waals surface area contributed by atoms with Crippen molar-refractivity contribution in [2.24, 2.45) is 11.7 Å². The van der Waals surface area contributed by atoms with Gasteiger partial charge in [0.05, 0.1) is 5.54 Å². The van der Waals surface area contributed by atoms with Crippen LogP contribution < -0.4 is 11.1 Å². The molecule has 0 unspecified atom stereocenters. The van der Waals surface area contributed by atoms with E-state index in [1.165, 1.54) is 0 Å². The predicted molar refractivity (Wildman–Crippen MR) is 57.9 cm³/mol. The van der Waals surface area contributed by atoms with Crippen LogP contribution in [-0.2, 0) is 4.79 Å². The first-order valence-electron chi connectivity index (χ1n) is 5.62.